The highest BCUT2D eigenvalue weighted by Crippen LogP contribution is 2.20. The van der Waals surface area contributed by atoms with Gasteiger partial charge >= 0.3 is 0 Å². The van der Waals surface area contributed by atoms with Crippen molar-refractivity contribution < 1.29 is 9.90 Å². The van der Waals surface area contributed by atoms with E-state index in [4.69, 9.17) is 0 Å². The molecule has 1 aromatic heterocycles. The van der Waals surface area contributed by atoms with E-state index in [2.05, 4.69) is 4.98 Å². The van der Waals surface area contributed by atoms with Crippen molar-refractivity contribution in [3.8, 4) is 0 Å². The number of hydrogen-bond donors (Lipinski definition) is 2. The van der Waals surface area contributed by atoms with Crippen molar-refractivity contribution in [1.82, 2.24) is 9.88 Å². The van der Waals surface area contributed by atoms with Crippen LogP contribution in [0.4, 0.5) is 0 Å². The Balaban J connectivity index is 1.82. The third-order valence-electron chi connectivity index (χ3n) is 3.86. The van der Waals surface area contributed by atoms with Crippen LogP contribution in [0.1, 0.15) is 23.2 Å². The number of aromatic amines is 1. The molecule has 3 rings (SSSR count). The number of amides is 1. The Bertz CT molecular complexity index is 591. The molecule has 0 spiro atoms. The summed E-state index contributed by atoms with van der Waals surface area (Å²) in [7, 11) is 0. The molecular formula is C15H18N2O2. The third-order valence-corrected chi connectivity index (χ3v) is 3.86. The molecule has 100 valence electrons. The second-order valence-corrected chi connectivity index (χ2v) is 5.22. The Kier molecular flexibility index (Phi) is 3.25. The monoisotopic (exact) mass is 258 g/mol. The van der Waals surface area contributed by atoms with Crippen molar-refractivity contribution in [2.75, 3.05) is 19.7 Å². The molecule has 0 saturated carbocycles. The first kappa shape index (κ1) is 12.2. The highest BCUT2D eigenvalue weighted by molar-refractivity contribution is 5.98. The lowest BCUT2D eigenvalue weighted by molar-refractivity contribution is 0.0621. The smallest absolute Gasteiger partial charge is 0.253 e. The summed E-state index contributed by atoms with van der Waals surface area (Å²) in [5.74, 6) is 0.301. The summed E-state index contributed by atoms with van der Waals surface area (Å²) in [6.07, 6.45) is 3.86. The molecular weight excluding hydrogens is 240 g/mol. The fraction of sp³-hybridized carbons (Fsp3) is 0.400. The van der Waals surface area contributed by atoms with Crippen molar-refractivity contribution in [3.05, 3.63) is 36.0 Å². The van der Waals surface area contributed by atoms with Crippen molar-refractivity contribution in [2.24, 2.45) is 5.92 Å². The molecule has 0 bridgehead atoms. The van der Waals surface area contributed by atoms with E-state index in [0.717, 1.165) is 35.9 Å². The van der Waals surface area contributed by atoms with Gasteiger partial charge in [0.05, 0.1) is 0 Å². The number of fused-ring (bicyclic) bond motifs is 1. The molecule has 19 heavy (non-hydrogen) atoms. The first-order chi connectivity index (χ1) is 9.28. The molecule has 1 amide bonds. The van der Waals surface area contributed by atoms with E-state index < -0.39 is 0 Å². The van der Waals surface area contributed by atoms with Crippen molar-refractivity contribution >= 4 is 16.8 Å². The molecule has 1 atom stereocenters. The van der Waals surface area contributed by atoms with Crippen molar-refractivity contribution in [1.29, 1.82) is 0 Å². The van der Waals surface area contributed by atoms with Gasteiger partial charge < -0.3 is 15.0 Å². The second-order valence-electron chi connectivity index (χ2n) is 5.22. The Hall–Kier alpha value is -1.81. The fourth-order valence-corrected chi connectivity index (χ4v) is 2.77. The third kappa shape index (κ3) is 2.36. The summed E-state index contributed by atoms with van der Waals surface area (Å²) in [6, 6.07) is 7.70. The maximum atomic E-state index is 12.5. The topological polar surface area (TPSA) is 56.3 Å². The summed E-state index contributed by atoms with van der Waals surface area (Å²) in [5.41, 5.74) is 1.77. The standard InChI is InChI=1S/C15H18N2O2/c18-10-11-2-1-7-17(9-11)15(19)13-3-4-14-12(8-13)5-6-16-14/h3-6,8,11,16,18H,1-2,7,9-10H2. The molecule has 1 unspecified atom stereocenters. The van der Waals surface area contributed by atoms with Crippen molar-refractivity contribution in [2.45, 2.75) is 12.8 Å². The summed E-state index contributed by atoms with van der Waals surface area (Å²) in [6.45, 7) is 1.63. The van der Waals surface area contributed by atoms with Gasteiger partial charge in [-0.05, 0) is 43.0 Å². The molecule has 0 radical (unpaired) electrons. The average molecular weight is 258 g/mol. The molecule has 2 N–H and O–H groups in total. The van der Waals surface area contributed by atoms with E-state index in [1.54, 1.807) is 0 Å². The van der Waals surface area contributed by atoms with Crippen LogP contribution < -0.4 is 0 Å². The van der Waals surface area contributed by atoms with E-state index in [9.17, 15) is 9.90 Å². The Morgan fingerprint density at radius 2 is 2.32 bits per heavy atom. The predicted octanol–water partition coefficient (Wildman–Crippen LogP) is 2.01. The van der Waals surface area contributed by atoms with Crippen LogP contribution in [-0.2, 0) is 0 Å². The molecule has 1 aliphatic rings. The Labute approximate surface area is 112 Å². The SMILES string of the molecule is O=C(c1ccc2[nH]ccc2c1)N1CCCC(CO)C1. The largest absolute Gasteiger partial charge is 0.396 e. The van der Waals surface area contributed by atoms with Crippen LogP contribution in [0.15, 0.2) is 30.5 Å². The van der Waals surface area contributed by atoms with E-state index in [1.807, 2.05) is 35.4 Å². The number of hydrogen-bond acceptors (Lipinski definition) is 2. The summed E-state index contributed by atoms with van der Waals surface area (Å²) < 4.78 is 0. The van der Waals surface area contributed by atoms with E-state index in [-0.39, 0.29) is 18.4 Å². The average Bonchev–Trinajstić information content (AvgIpc) is 2.94. The van der Waals surface area contributed by atoms with Crippen LogP contribution in [0.25, 0.3) is 10.9 Å². The Morgan fingerprint density at radius 3 is 3.16 bits per heavy atom. The van der Waals surface area contributed by atoms with Gasteiger partial charge in [-0.2, -0.15) is 0 Å². The molecule has 2 heterocycles. The number of aromatic nitrogens is 1. The molecule has 2 aromatic rings. The van der Waals surface area contributed by atoms with Gasteiger partial charge in [0.1, 0.15) is 0 Å². The highest BCUT2D eigenvalue weighted by Gasteiger charge is 2.24. The number of carbonyl (C=O) groups is 1. The lowest BCUT2D eigenvalue weighted by Crippen LogP contribution is -2.40. The van der Waals surface area contributed by atoms with Gasteiger partial charge in [0.25, 0.3) is 5.91 Å². The number of carbonyl (C=O) groups excluding carboxylic acids is 1. The molecule has 1 aliphatic heterocycles. The molecule has 0 aliphatic carbocycles. The van der Waals surface area contributed by atoms with E-state index in [0.29, 0.717) is 6.54 Å². The number of piperidine rings is 1. The van der Waals surface area contributed by atoms with Gasteiger partial charge in [0.2, 0.25) is 0 Å². The fourth-order valence-electron chi connectivity index (χ4n) is 2.77. The van der Waals surface area contributed by atoms with Crippen LogP contribution >= 0.6 is 0 Å². The first-order valence-corrected chi connectivity index (χ1v) is 6.75. The Morgan fingerprint density at radius 1 is 1.42 bits per heavy atom. The number of aliphatic hydroxyl groups excluding tert-OH is 1. The molecule has 1 aromatic carbocycles. The molecule has 1 saturated heterocycles. The van der Waals surface area contributed by atoms with E-state index in [1.165, 1.54) is 0 Å². The molecule has 4 nitrogen and oxygen atoms in total. The van der Waals surface area contributed by atoms with Crippen LogP contribution in [0.3, 0.4) is 0 Å². The number of likely N-dealkylation sites (tertiary alicyclic amines) is 1. The zero-order valence-corrected chi connectivity index (χ0v) is 10.8. The normalized spacial score (nSPS) is 19.8. The van der Waals surface area contributed by atoms with Gasteiger partial charge in [-0.15, -0.1) is 0 Å². The lowest BCUT2D eigenvalue weighted by atomic mass is 9.98. The summed E-state index contributed by atoms with van der Waals surface area (Å²) in [5, 5.41) is 10.3. The number of nitrogens with zero attached hydrogens (tertiary/aromatic N) is 1. The summed E-state index contributed by atoms with van der Waals surface area (Å²) in [4.78, 5) is 17.4. The van der Waals surface area contributed by atoms with Crippen molar-refractivity contribution in [3.63, 3.8) is 0 Å². The van der Waals surface area contributed by atoms with Gasteiger partial charge in [-0.3, -0.25) is 4.79 Å². The zero-order chi connectivity index (χ0) is 13.2. The van der Waals surface area contributed by atoms with Crippen LogP contribution in [0, 0.1) is 5.92 Å². The minimum absolute atomic E-state index is 0.0706. The predicted molar refractivity (Wildman–Crippen MR) is 74.0 cm³/mol. The number of benzene rings is 1. The number of rotatable bonds is 2. The van der Waals surface area contributed by atoms with Gasteiger partial charge in [0, 0.05) is 42.4 Å². The van der Waals surface area contributed by atoms with Crippen LogP contribution in [0.5, 0.6) is 0 Å². The second kappa shape index (κ2) is 5.05. The first-order valence-electron chi connectivity index (χ1n) is 6.75. The minimum Gasteiger partial charge on any atom is -0.396 e. The number of aliphatic hydroxyl groups is 1. The van der Waals surface area contributed by atoms with Crippen LogP contribution in [0.2, 0.25) is 0 Å². The quantitative estimate of drug-likeness (QED) is 0.865. The summed E-state index contributed by atoms with van der Waals surface area (Å²) >= 11 is 0. The lowest BCUT2D eigenvalue weighted by Gasteiger charge is -2.31. The highest BCUT2D eigenvalue weighted by atomic mass is 16.3. The van der Waals surface area contributed by atoms with Gasteiger partial charge in [0.15, 0.2) is 0 Å². The zero-order valence-electron chi connectivity index (χ0n) is 10.8. The maximum Gasteiger partial charge on any atom is 0.253 e. The molecule has 1 fully saturated rings. The van der Waals surface area contributed by atoms with Crippen LogP contribution in [-0.4, -0.2) is 40.6 Å². The molecule has 4 heteroatoms. The minimum atomic E-state index is 0.0706. The number of nitrogens with one attached hydrogen (secondary N) is 1. The van der Waals surface area contributed by atoms with E-state index >= 15 is 0 Å². The van der Waals surface area contributed by atoms with Gasteiger partial charge in [-0.1, -0.05) is 0 Å². The van der Waals surface area contributed by atoms with Gasteiger partial charge in [-0.25, -0.2) is 0 Å². The maximum absolute atomic E-state index is 12.5. The number of H-pyrrole nitrogens is 1.